The summed E-state index contributed by atoms with van der Waals surface area (Å²) >= 11 is 8.22. The molecule has 168 valence electrons. The van der Waals surface area contributed by atoms with Crippen LogP contribution in [-0.4, -0.2) is 45.4 Å². The molecule has 5 heteroatoms. The molecule has 1 aromatic carbocycles. The summed E-state index contributed by atoms with van der Waals surface area (Å²) in [6.07, 6.45) is 7.09. The van der Waals surface area contributed by atoms with Gasteiger partial charge in [-0.2, -0.15) is 11.8 Å². The molecule has 2 aliphatic rings. The van der Waals surface area contributed by atoms with Crippen molar-refractivity contribution in [3.63, 3.8) is 0 Å². The van der Waals surface area contributed by atoms with Gasteiger partial charge in [0.2, 0.25) is 0 Å². The van der Waals surface area contributed by atoms with E-state index in [-0.39, 0.29) is 5.78 Å². The zero-order valence-corrected chi connectivity index (χ0v) is 20.6. The summed E-state index contributed by atoms with van der Waals surface area (Å²) in [5.74, 6) is 3.47. The van der Waals surface area contributed by atoms with Crippen LogP contribution in [0, 0.1) is 12.8 Å². The first kappa shape index (κ1) is 22.9. The standard InChI is InChI=1S/C26H35ClN2OS/c1-4-22-8-5-18(2)28(22)17-26(30)25-16-24(15-20-11-13-31-14-12-20)29(19(25)3)23-9-6-21(27)7-10-23/h6-7,9-10,16,18,20,22H,4-5,8,11-15,17H2,1-3H3. The first-order valence-corrected chi connectivity index (χ1v) is 13.3. The maximum Gasteiger partial charge on any atom is 0.178 e. The highest BCUT2D eigenvalue weighted by Crippen LogP contribution is 2.31. The van der Waals surface area contributed by atoms with E-state index in [2.05, 4.69) is 60.2 Å². The molecule has 0 radical (unpaired) electrons. The molecule has 2 fully saturated rings. The average Bonchev–Trinajstić information content (AvgIpc) is 3.29. The molecule has 3 nitrogen and oxygen atoms in total. The van der Waals surface area contributed by atoms with Crippen molar-refractivity contribution in [3.8, 4) is 5.69 Å². The Hall–Kier alpha value is -1.23. The summed E-state index contributed by atoms with van der Waals surface area (Å²) in [5.41, 5.74) is 4.32. The number of thioether (sulfide) groups is 1. The van der Waals surface area contributed by atoms with Gasteiger partial charge in [0, 0.05) is 39.7 Å². The maximum atomic E-state index is 13.5. The smallest absolute Gasteiger partial charge is 0.178 e. The van der Waals surface area contributed by atoms with Gasteiger partial charge < -0.3 is 4.57 Å². The van der Waals surface area contributed by atoms with E-state index in [9.17, 15) is 4.79 Å². The van der Waals surface area contributed by atoms with E-state index in [0.717, 1.165) is 34.8 Å². The summed E-state index contributed by atoms with van der Waals surface area (Å²) in [5, 5.41) is 0.740. The Balaban J connectivity index is 1.65. The third-order valence-electron chi connectivity index (χ3n) is 7.30. The number of likely N-dealkylation sites (tertiary alicyclic amines) is 1. The molecule has 0 spiro atoms. The monoisotopic (exact) mass is 458 g/mol. The van der Waals surface area contributed by atoms with Crippen LogP contribution in [-0.2, 0) is 6.42 Å². The molecular weight excluding hydrogens is 424 g/mol. The van der Waals surface area contributed by atoms with E-state index in [1.54, 1.807) is 0 Å². The number of hydrogen-bond acceptors (Lipinski definition) is 3. The quantitative estimate of drug-likeness (QED) is 0.438. The van der Waals surface area contributed by atoms with Crippen LogP contribution < -0.4 is 0 Å². The van der Waals surface area contributed by atoms with Gasteiger partial charge in [-0.25, -0.2) is 0 Å². The maximum absolute atomic E-state index is 13.5. The third-order valence-corrected chi connectivity index (χ3v) is 8.60. The fraction of sp³-hybridized carbons (Fsp3) is 0.577. The van der Waals surface area contributed by atoms with Gasteiger partial charge in [-0.3, -0.25) is 9.69 Å². The van der Waals surface area contributed by atoms with Gasteiger partial charge in [0.05, 0.1) is 6.54 Å². The number of aromatic nitrogens is 1. The van der Waals surface area contributed by atoms with Crippen LogP contribution in [0.3, 0.4) is 0 Å². The first-order valence-electron chi connectivity index (χ1n) is 11.8. The van der Waals surface area contributed by atoms with Gasteiger partial charge in [0.15, 0.2) is 5.78 Å². The fourth-order valence-electron chi connectivity index (χ4n) is 5.40. The molecule has 4 rings (SSSR count). The number of Topliss-reactive ketones (excluding diaryl/α,β-unsaturated/α-hetero) is 1. The van der Waals surface area contributed by atoms with Gasteiger partial charge in [-0.1, -0.05) is 18.5 Å². The van der Waals surface area contributed by atoms with Crippen molar-refractivity contribution >= 4 is 29.1 Å². The van der Waals surface area contributed by atoms with Crippen molar-refractivity contribution < 1.29 is 4.79 Å². The molecule has 2 atom stereocenters. The largest absolute Gasteiger partial charge is 0.317 e. The van der Waals surface area contributed by atoms with Crippen molar-refractivity contribution in [2.45, 2.75) is 71.4 Å². The summed E-state index contributed by atoms with van der Waals surface area (Å²) in [4.78, 5) is 15.9. The molecule has 0 saturated carbocycles. The summed E-state index contributed by atoms with van der Waals surface area (Å²) in [6.45, 7) is 7.14. The van der Waals surface area contributed by atoms with Crippen LogP contribution >= 0.6 is 23.4 Å². The predicted octanol–water partition coefficient (Wildman–Crippen LogP) is 6.57. The summed E-state index contributed by atoms with van der Waals surface area (Å²) in [6, 6.07) is 11.2. The van der Waals surface area contributed by atoms with E-state index in [1.165, 1.54) is 42.9 Å². The minimum Gasteiger partial charge on any atom is -0.317 e. The first-order chi connectivity index (χ1) is 15.0. The normalized spacial score (nSPS) is 22.8. The van der Waals surface area contributed by atoms with Gasteiger partial charge in [0.25, 0.3) is 0 Å². The number of hydrogen-bond donors (Lipinski definition) is 0. The fourth-order valence-corrected chi connectivity index (χ4v) is 6.73. The molecule has 31 heavy (non-hydrogen) atoms. The Labute approximate surface area is 196 Å². The highest BCUT2D eigenvalue weighted by Gasteiger charge is 2.32. The SMILES string of the molecule is CCC1CCC(C)N1CC(=O)c1cc(CC2CCSCC2)n(-c2ccc(Cl)cc2)c1C. The van der Waals surface area contributed by atoms with E-state index in [4.69, 9.17) is 11.6 Å². The van der Waals surface area contributed by atoms with Gasteiger partial charge >= 0.3 is 0 Å². The Kier molecular flexibility index (Phi) is 7.51. The second-order valence-electron chi connectivity index (χ2n) is 9.29. The zero-order valence-electron chi connectivity index (χ0n) is 19.1. The Morgan fingerprint density at radius 2 is 1.84 bits per heavy atom. The van der Waals surface area contributed by atoms with Gasteiger partial charge in [-0.15, -0.1) is 0 Å². The molecule has 2 aromatic rings. The highest BCUT2D eigenvalue weighted by atomic mass is 35.5. The van der Waals surface area contributed by atoms with Crippen molar-refractivity contribution in [1.82, 2.24) is 9.47 Å². The van der Waals surface area contributed by atoms with Gasteiger partial charge in [0.1, 0.15) is 0 Å². The Bertz CT molecular complexity index is 901. The number of carbonyl (C=O) groups excluding carboxylic acids is 1. The Morgan fingerprint density at radius 3 is 2.52 bits per heavy atom. The van der Waals surface area contributed by atoms with Crippen LogP contribution in [0.25, 0.3) is 5.69 Å². The number of ketones is 1. The molecule has 0 amide bonds. The lowest BCUT2D eigenvalue weighted by Gasteiger charge is -2.26. The second kappa shape index (κ2) is 10.1. The lowest BCUT2D eigenvalue weighted by molar-refractivity contribution is 0.0888. The topological polar surface area (TPSA) is 25.2 Å². The predicted molar refractivity (Wildman–Crippen MR) is 133 cm³/mol. The van der Waals surface area contributed by atoms with Gasteiger partial charge in [-0.05, 0) is 100 Å². The molecular formula is C26H35ClN2OS. The van der Waals surface area contributed by atoms with Crippen LogP contribution in [0.5, 0.6) is 0 Å². The van der Waals surface area contributed by atoms with E-state index < -0.39 is 0 Å². The third kappa shape index (κ3) is 5.07. The average molecular weight is 459 g/mol. The molecule has 1 aromatic heterocycles. The molecule has 0 bridgehead atoms. The van der Waals surface area contributed by atoms with Crippen molar-refractivity contribution in [1.29, 1.82) is 0 Å². The van der Waals surface area contributed by atoms with Crippen LogP contribution in [0.15, 0.2) is 30.3 Å². The molecule has 0 N–H and O–H groups in total. The molecule has 2 aliphatic heterocycles. The molecule has 0 aliphatic carbocycles. The minimum absolute atomic E-state index is 0.262. The summed E-state index contributed by atoms with van der Waals surface area (Å²) < 4.78 is 2.30. The number of halogens is 1. The lowest BCUT2D eigenvalue weighted by Crippen LogP contribution is -2.38. The Morgan fingerprint density at radius 1 is 1.13 bits per heavy atom. The lowest BCUT2D eigenvalue weighted by atomic mass is 9.96. The molecule has 3 heterocycles. The number of carbonyl (C=O) groups is 1. The molecule has 2 unspecified atom stereocenters. The van der Waals surface area contributed by atoms with Crippen LogP contribution in [0.2, 0.25) is 5.02 Å². The summed E-state index contributed by atoms with van der Waals surface area (Å²) in [7, 11) is 0. The number of benzene rings is 1. The van der Waals surface area contributed by atoms with Crippen molar-refractivity contribution in [2.75, 3.05) is 18.1 Å². The van der Waals surface area contributed by atoms with Crippen LogP contribution in [0.4, 0.5) is 0 Å². The number of rotatable bonds is 7. The second-order valence-corrected chi connectivity index (χ2v) is 11.0. The highest BCUT2D eigenvalue weighted by molar-refractivity contribution is 7.99. The van der Waals surface area contributed by atoms with E-state index >= 15 is 0 Å². The zero-order chi connectivity index (χ0) is 22.0. The minimum atomic E-state index is 0.262. The van der Waals surface area contributed by atoms with Crippen molar-refractivity contribution in [3.05, 3.63) is 52.3 Å². The van der Waals surface area contributed by atoms with E-state index in [0.29, 0.717) is 24.5 Å². The number of nitrogens with zero attached hydrogens (tertiary/aromatic N) is 2. The van der Waals surface area contributed by atoms with Crippen LogP contribution in [0.1, 0.15) is 67.7 Å². The van der Waals surface area contributed by atoms with E-state index in [1.807, 2.05) is 12.1 Å². The molecule has 2 saturated heterocycles. The van der Waals surface area contributed by atoms with Crippen molar-refractivity contribution in [2.24, 2.45) is 5.92 Å².